The van der Waals surface area contributed by atoms with Gasteiger partial charge in [0.15, 0.2) is 0 Å². The fraction of sp³-hybridized carbons (Fsp3) is 0.583. The first-order valence-electron chi connectivity index (χ1n) is 6.32. The van der Waals surface area contributed by atoms with Gasteiger partial charge in [-0.05, 0) is 7.05 Å². The van der Waals surface area contributed by atoms with Crippen molar-refractivity contribution in [1.29, 1.82) is 0 Å². The molecule has 0 aliphatic carbocycles. The maximum absolute atomic E-state index is 11.8. The summed E-state index contributed by atoms with van der Waals surface area (Å²) in [6.07, 6.45) is 2.75. The van der Waals surface area contributed by atoms with Crippen LogP contribution in [-0.2, 0) is 0 Å². The number of hydrogen-bond donors (Lipinski definition) is 1. The van der Waals surface area contributed by atoms with Gasteiger partial charge in [0.05, 0.1) is 12.4 Å². The number of piperazine rings is 1. The van der Waals surface area contributed by atoms with Crippen molar-refractivity contribution < 1.29 is 4.79 Å². The van der Waals surface area contributed by atoms with Crippen molar-refractivity contribution in [3.05, 3.63) is 23.2 Å². The lowest BCUT2D eigenvalue weighted by molar-refractivity contribution is 0.0935. The minimum atomic E-state index is -0.210. The third kappa shape index (κ3) is 4.41. The number of rotatable bonds is 4. The van der Waals surface area contributed by atoms with Gasteiger partial charge in [0.1, 0.15) is 10.8 Å². The van der Waals surface area contributed by atoms with Crippen LogP contribution >= 0.6 is 11.6 Å². The Kier molecular flexibility index (Phi) is 5.07. The van der Waals surface area contributed by atoms with E-state index >= 15 is 0 Å². The van der Waals surface area contributed by atoms with Crippen LogP contribution < -0.4 is 5.32 Å². The van der Waals surface area contributed by atoms with Crippen LogP contribution in [0.25, 0.3) is 0 Å². The van der Waals surface area contributed by atoms with Gasteiger partial charge in [-0.25, -0.2) is 9.97 Å². The monoisotopic (exact) mass is 283 g/mol. The minimum absolute atomic E-state index is 0.210. The second kappa shape index (κ2) is 6.79. The molecule has 0 aromatic carbocycles. The van der Waals surface area contributed by atoms with E-state index in [0.717, 1.165) is 32.7 Å². The van der Waals surface area contributed by atoms with Crippen molar-refractivity contribution >= 4 is 17.5 Å². The summed E-state index contributed by atoms with van der Waals surface area (Å²) in [6.45, 7) is 5.74. The second-order valence-electron chi connectivity index (χ2n) is 4.63. The van der Waals surface area contributed by atoms with Crippen LogP contribution in [0, 0.1) is 0 Å². The first-order valence-corrected chi connectivity index (χ1v) is 6.69. The van der Waals surface area contributed by atoms with Gasteiger partial charge in [0.25, 0.3) is 5.91 Å². The van der Waals surface area contributed by atoms with Crippen molar-refractivity contribution in [3.8, 4) is 0 Å². The topological polar surface area (TPSA) is 61.4 Å². The van der Waals surface area contributed by atoms with Gasteiger partial charge in [-0.1, -0.05) is 11.6 Å². The van der Waals surface area contributed by atoms with E-state index < -0.39 is 0 Å². The molecule has 2 rings (SSSR count). The summed E-state index contributed by atoms with van der Waals surface area (Å²) in [7, 11) is 2.12. The van der Waals surface area contributed by atoms with E-state index in [1.807, 2.05) is 0 Å². The Bertz CT molecular complexity index is 417. The summed E-state index contributed by atoms with van der Waals surface area (Å²) < 4.78 is 0. The molecule has 0 radical (unpaired) electrons. The van der Waals surface area contributed by atoms with Crippen LogP contribution in [0.15, 0.2) is 12.4 Å². The smallest absolute Gasteiger partial charge is 0.271 e. The Balaban J connectivity index is 1.70. The molecule has 0 unspecified atom stereocenters. The molecule has 0 spiro atoms. The molecule has 7 heteroatoms. The average Bonchev–Trinajstić information content (AvgIpc) is 2.41. The number of aromatic nitrogens is 2. The number of likely N-dealkylation sites (N-methyl/N-ethyl adjacent to an activating group) is 1. The Morgan fingerprint density at radius 3 is 2.68 bits per heavy atom. The lowest BCUT2D eigenvalue weighted by Gasteiger charge is -2.32. The molecule has 1 N–H and O–H groups in total. The first kappa shape index (κ1) is 14.2. The summed E-state index contributed by atoms with van der Waals surface area (Å²) in [4.78, 5) is 24.2. The van der Waals surface area contributed by atoms with E-state index in [9.17, 15) is 4.79 Å². The standard InChI is InChI=1S/C12H18ClN5O/c1-17-4-6-18(7-5-17)3-2-14-12(19)10-8-16-11(13)9-15-10/h8-9H,2-7H2,1H3,(H,14,19). The van der Waals surface area contributed by atoms with E-state index in [-0.39, 0.29) is 11.1 Å². The van der Waals surface area contributed by atoms with E-state index in [0.29, 0.717) is 12.2 Å². The molecule has 1 amide bonds. The summed E-state index contributed by atoms with van der Waals surface area (Å²) in [5.41, 5.74) is 0.294. The number of hydrogen-bond acceptors (Lipinski definition) is 5. The summed E-state index contributed by atoms with van der Waals surface area (Å²) in [6, 6.07) is 0. The summed E-state index contributed by atoms with van der Waals surface area (Å²) in [5, 5.41) is 3.12. The lowest BCUT2D eigenvalue weighted by atomic mass is 10.3. The zero-order valence-electron chi connectivity index (χ0n) is 11.0. The van der Waals surface area contributed by atoms with Gasteiger partial charge in [-0.15, -0.1) is 0 Å². The molecule has 1 fully saturated rings. The van der Waals surface area contributed by atoms with E-state index in [1.54, 1.807) is 0 Å². The van der Waals surface area contributed by atoms with Crippen LogP contribution in [0.1, 0.15) is 10.5 Å². The highest BCUT2D eigenvalue weighted by atomic mass is 35.5. The molecule has 19 heavy (non-hydrogen) atoms. The number of carbonyl (C=O) groups excluding carboxylic acids is 1. The van der Waals surface area contributed by atoms with Gasteiger partial charge < -0.3 is 10.2 Å². The minimum Gasteiger partial charge on any atom is -0.349 e. The fourth-order valence-electron chi connectivity index (χ4n) is 1.92. The zero-order valence-corrected chi connectivity index (χ0v) is 11.7. The molecule has 104 valence electrons. The lowest BCUT2D eigenvalue weighted by Crippen LogP contribution is -2.46. The van der Waals surface area contributed by atoms with Gasteiger partial charge in [0, 0.05) is 39.3 Å². The largest absolute Gasteiger partial charge is 0.349 e. The molecule has 1 aliphatic rings. The van der Waals surface area contributed by atoms with Crippen molar-refractivity contribution in [2.24, 2.45) is 0 Å². The quantitative estimate of drug-likeness (QED) is 0.850. The average molecular weight is 284 g/mol. The third-order valence-corrected chi connectivity index (χ3v) is 3.36. The number of amides is 1. The molecule has 0 bridgehead atoms. The molecular weight excluding hydrogens is 266 g/mol. The predicted molar refractivity (Wildman–Crippen MR) is 73.3 cm³/mol. The van der Waals surface area contributed by atoms with Crippen molar-refractivity contribution in [2.75, 3.05) is 46.3 Å². The SMILES string of the molecule is CN1CCN(CCNC(=O)c2cnc(Cl)cn2)CC1. The van der Waals surface area contributed by atoms with Crippen LogP contribution in [0.4, 0.5) is 0 Å². The molecule has 6 nitrogen and oxygen atoms in total. The van der Waals surface area contributed by atoms with E-state index in [4.69, 9.17) is 11.6 Å². The Hall–Kier alpha value is -1.24. The molecule has 1 aliphatic heterocycles. The van der Waals surface area contributed by atoms with Crippen molar-refractivity contribution in [1.82, 2.24) is 25.1 Å². The molecule has 1 aromatic rings. The van der Waals surface area contributed by atoms with Crippen LogP contribution in [0.3, 0.4) is 0 Å². The number of halogens is 1. The number of carbonyl (C=O) groups is 1. The number of nitrogens with zero attached hydrogens (tertiary/aromatic N) is 4. The van der Waals surface area contributed by atoms with E-state index in [2.05, 4.69) is 32.1 Å². The highest BCUT2D eigenvalue weighted by Gasteiger charge is 2.14. The molecular formula is C12H18ClN5O. The summed E-state index contributed by atoms with van der Waals surface area (Å²) in [5.74, 6) is -0.210. The Morgan fingerprint density at radius 2 is 2.05 bits per heavy atom. The van der Waals surface area contributed by atoms with Gasteiger partial charge in [-0.3, -0.25) is 9.69 Å². The highest BCUT2D eigenvalue weighted by Crippen LogP contribution is 2.01. The Morgan fingerprint density at radius 1 is 1.32 bits per heavy atom. The van der Waals surface area contributed by atoms with Crippen molar-refractivity contribution in [2.45, 2.75) is 0 Å². The second-order valence-corrected chi connectivity index (χ2v) is 5.01. The zero-order chi connectivity index (χ0) is 13.7. The number of nitrogens with one attached hydrogen (secondary N) is 1. The first-order chi connectivity index (χ1) is 9.15. The molecule has 1 saturated heterocycles. The maximum Gasteiger partial charge on any atom is 0.271 e. The maximum atomic E-state index is 11.8. The van der Waals surface area contributed by atoms with Gasteiger partial charge in [0.2, 0.25) is 0 Å². The van der Waals surface area contributed by atoms with Gasteiger partial charge >= 0.3 is 0 Å². The third-order valence-electron chi connectivity index (χ3n) is 3.16. The van der Waals surface area contributed by atoms with Crippen molar-refractivity contribution in [3.63, 3.8) is 0 Å². The summed E-state index contributed by atoms with van der Waals surface area (Å²) >= 11 is 5.62. The fourth-order valence-corrected chi connectivity index (χ4v) is 2.02. The molecule has 0 saturated carbocycles. The Labute approximate surface area is 117 Å². The van der Waals surface area contributed by atoms with Crippen LogP contribution in [0.2, 0.25) is 5.15 Å². The highest BCUT2D eigenvalue weighted by molar-refractivity contribution is 6.29. The molecule has 0 atom stereocenters. The van der Waals surface area contributed by atoms with Crippen LogP contribution in [-0.4, -0.2) is 72.0 Å². The van der Waals surface area contributed by atoms with Crippen LogP contribution in [0.5, 0.6) is 0 Å². The molecule has 2 heterocycles. The predicted octanol–water partition coefficient (Wildman–Crippen LogP) is 0.107. The normalized spacial score (nSPS) is 17.4. The van der Waals surface area contributed by atoms with E-state index in [1.165, 1.54) is 12.4 Å². The van der Waals surface area contributed by atoms with Gasteiger partial charge in [-0.2, -0.15) is 0 Å². The molecule has 1 aromatic heterocycles.